The summed E-state index contributed by atoms with van der Waals surface area (Å²) in [7, 11) is 0. The summed E-state index contributed by atoms with van der Waals surface area (Å²) in [6.45, 7) is 9.23. The highest BCUT2D eigenvalue weighted by Crippen LogP contribution is 2.35. The van der Waals surface area contributed by atoms with Gasteiger partial charge in [0.15, 0.2) is 0 Å². The van der Waals surface area contributed by atoms with Gasteiger partial charge < -0.3 is 9.80 Å². The van der Waals surface area contributed by atoms with Crippen LogP contribution in [0.2, 0.25) is 0 Å². The van der Waals surface area contributed by atoms with Crippen LogP contribution in [0.25, 0.3) is 0 Å². The Balaban J connectivity index is 2.32. The maximum absolute atomic E-state index is 13.1. The van der Waals surface area contributed by atoms with E-state index in [-0.39, 0.29) is 28.9 Å². The van der Waals surface area contributed by atoms with E-state index >= 15 is 0 Å². The average molecular weight is 352 g/mol. The molecule has 1 aromatic carbocycles. The summed E-state index contributed by atoms with van der Waals surface area (Å²) in [5, 5.41) is -0.0490. The van der Waals surface area contributed by atoms with Crippen molar-refractivity contribution in [2.24, 2.45) is 5.92 Å². The highest BCUT2D eigenvalue weighted by Gasteiger charge is 2.44. The van der Waals surface area contributed by atoms with Crippen molar-refractivity contribution in [1.29, 1.82) is 0 Å². The second-order valence-corrected chi connectivity index (χ2v) is 7.36. The normalized spacial score (nSPS) is 20.5. The quantitative estimate of drug-likeness (QED) is 0.817. The van der Waals surface area contributed by atoms with Gasteiger partial charge in [0, 0.05) is 24.4 Å². The van der Waals surface area contributed by atoms with Crippen LogP contribution in [0.3, 0.4) is 0 Å². The third kappa shape index (κ3) is 3.74. The minimum absolute atomic E-state index is 0.00823. The zero-order valence-electron chi connectivity index (χ0n) is 14.7. The Morgan fingerprint density at radius 3 is 2.33 bits per heavy atom. The Hall–Kier alpha value is -1.56. The maximum Gasteiger partial charge on any atom is 0.255 e. The van der Waals surface area contributed by atoms with Crippen LogP contribution in [-0.2, 0) is 4.79 Å². The molecule has 6 heteroatoms. The monoisotopic (exact) mass is 352 g/mol. The summed E-state index contributed by atoms with van der Waals surface area (Å²) in [5.41, 5.74) is 0.418. The molecule has 0 unspecified atom stereocenters. The number of hydrogen-bond donors (Lipinski definition) is 0. The molecule has 0 spiro atoms. The molecule has 0 bridgehead atoms. The Morgan fingerprint density at radius 1 is 1.25 bits per heavy atom. The summed E-state index contributed by atoms with van der Waals surface area (Å²) in [6, 6.07) is 5.07. The zero-order valence-corrected chi connectivity index (χ0v) is 15.5. The molecule has 0 saturated carbocycles. The molecule has 24 heavy (non-hydrogen) atoms. The van der Waals surface area contributed by atoms with Crippen molar-refractivity contribution in [1.82, 2.24) is 9.80 Å². The van der Waals surface area contributed by atoms with Crippen molar-refractivity contribution in [2.45, 2.75) is 39.1 Å². The summed E-state index contributed by atoms with van der Waals surface area (Å²) in [5.74, 6) is 0.244. The number of benzene rings is 1. The van der Waals surface area contributed by atoms with Crippen LogP contribution < -0.4 is 0 Å². The topological polar surface area (TPSA) is 40.6 Å². The first-order valence-corrected chi connectivity index (χ1v) is 9.44. The Kier molecular flexibility index (Phi) is 6.27. The third-order valence-corrected chi connectivity index (χ3v) is 5.91. The SMILES string of the molecule is CCN(CC)C(=O)[C@H]1CS[C@H](C(C)C)N1C(=O)c1ccc(F)cc1. The molecule has 2 atom stereocenters. The van der Waals surface area contributed by atoms with E-state index in [9.17, 15) is 14.0 Å². The number of hydrogen-bond acceptors (Lipinski definition) is 3. The smallest absolute Gasteiger partial charge is 0.255 e. The fourth-order valence-electron chi connectivity index (χ4n) is 2.98. The van der Waals surface area contributed by atoms with E-state index in [1.807, 2.05) is 27.7 Å². The molecule has 0 aromatic heterocycles. The summed E-state index contributed by atoms with van der Waals surface area (Å²) < 4.78 is 13.1. The lowest BCUT2D eigenvalue weighted by atomic mass is 10.1. The van der Waals surface area contributed by atoms with Gasteiger partial charge in [0.25, 0.3) is 5.91 Å². The molecular formula is C18H25FN2O2S. The standard InChI is InChI=1S/C18H25FN2O2S/c1-5-20(6-2)17(23)15-11-24-18(12(3)4)21(15)16(22)13-7-9-14(19)10-8-13/h7-10,12,15,18H,5-6,11H2,1-4H3/t15-,18-/m1/s1. The molecule has 0 radical (unpaired) electrons. The molecule has 0 aliphatic carbocycles. The number of likely N-dealkylation sites (N-methyl/N-ethyl adjacent to an activating group) is 1. The average Bonchev–Trinajstić information content (AvgIpc) is 3.01. The number of carbonyl (C=O) groups is 2. The predicted octanol–water partition coefficient (Wildman–Crippen LogP) is 3.23. The lowest BCUT2D eigenvalue weighted by molar-refractivity contribution is -0.135. The lowest BCUT2D eigenvalue weighted by Gasteiger charge is -2.33. The molecule has 1 aliphatic rings. The molecular weight excluding hydrogens is 327 g/mol. The van der Waals surface area contributed by atoms with Crippen molar-refractivity contribution < 1.29 is 14.0 Å². The van der Waals surface area contributed by atoms with Gasteiger partial charge in [-0.2, -0.15) is 0 Å². The van der Waals surface area contributed by atoms with Gasteiger partial charge in [-0.25, -0.2) is 4.39 Å². The molecule has 1 fully saturated rings. The maximum atomic E-state index is 13.1. The highest BCUT2D eigenvalue weighted by atomic mass is 32.2. The van der Waals surface area contributed by atoms with E-state index in [0.717, 1.165) is 0 Å². The largest absolute Gasteiger partial charge is 0.341 e. The molecule has 4 nitrogen and oxygen atoms in total. The third-order valence-electron chi connectivity index (χ3n) is 4.29. The molecule has 132 valence electrons. The molecule has 2 amide bonds. The molecule has 1 aliphatic heterocycles. The van der Waals surface area contributed by atoms with E-state index in [1.165, 1.54) is 24.3 Å². The van der Waals surface area contributed by atoms with Crippen LogP contribution in [0.4, 0.5) is 4.39 Å². The van der Waals surface area contributed by atoms with Gasteiger partial charge >= 0.3 is 0 Å². The number of amides is 2. The fourth-order valence-corrected chi connectivity index (χ4v) is 4.45. The van der Waals surface area contributed by atoms with Crippen molar-refractivity contribution in [3.63, 3.8) is 0 Å². The van der Waals surface area contributed by atoms with Crippen molar-refractivity contribution in [3.8, 4) is 0 Å². The Labute approximate surface area is 147 Å². The first-order chi connectivity index (χ1) is 11.4. The van der Waals surface area contributed by atoms with E-state index in [0.29, 0.717) is 24.4 Å². The second kappa shape index (κ2) is 8.01. The molecule has 1 heterocycles. The minimum Gasteiger partial charge on any atom is -0.341 e. The molecule has 2 rings (SSSR count). The van der Waals surface area contributed by atoms with Crippen LogP contribution in [0.5, 0.6) is 0 Å². The van der Waals surface area contributed by atoms with Crippen LogP contribution in [-0.4, -0.2) is 51.9 Å². The number of rotatable bonds is 5. The van der Waals surface area contributed by atoms with Gasteiger partial charge in [-0.1, -0.05) is 13.8 Å². The van der Waals surface area contributed by atoms with Gasteiger partial charge in [-0.05, 0) is 44.0 Å². The van der Waals surface area contributed by atoms with Crippen molar-refractivity contribution in [2.75, 3.05) is 18.8 Å². The molecule has 1 saturated heterocycles. The van der Waals surface area contributed by atoms with Gasteiger partial charge in [0.05, 0.1) is 5.37 Å². The van der Waals surface area contributed by atoms with Crippen molar-refractivity contribution in [3.05, 3.63) is 35.6 Å². The minimum atomic E-state index is -0.458. The zero-order chi connectivity index (χ0) is 17.9. The summed E-state index contributed by atoms with van der Waals surface area (Å²) in [4.78, 5) is 29.3. The van der Waals surface area contributed by atoms with E-state index in [1.54, 1.807) is 21.6 Å². The van der Waals surface area contributed by atoms with Crippen LogP contribution in [0.15, 0.2) is 24.3 Å². The number of thioether (sulfide) groups is 1. The van der Waals surface area contributed by atoms with Crippen LogP contribution in [0.1, 0.15) is 38.1 Å². The number of carbonyl (C=O) groups excluding carboxylic acids is 2. The molecule has 0 N–H and O–H groups in total. The summed E-state index contributed by atoms with van der Waals surface area (Å²) in [6.07, 6.45) is 0. The first kappa shape index (κ1) is 18.8. The fraction of sp³-hybridized carbons (Fsp3) is 0.556. The van der Waals surface area contributed by atoms with E-state index in [4.69, 9.17) is 0 Å². The second-order valence-electron chi connectivity index (χ2n) is 6.21. The highest BCUT2D eigenvalue weighted by molar-refractivity contribution is 8.00. The lowest BCUT2D eigenvalue weighted by Crippen LogP contribution is -2.52. The van der Waals surface area contributed by atoms with Crippen LogP contribution in [0, 0.1) is 11.7 Å². The Morgan fingerprint density at radius 2 is 1.83 bits per heavy atom. The van der Waals surface area contributed by atoms with E-state index < -0.39 is 6.04 Å². The van der Waals surface area contributed by atoms with Crippen LogP contribution >= 0.6 is 11.8 Å². The van der Waals surface area contributed by atoms with Gasteiger partial charge in [0.1, 0.15) is 11.9 Å². The van der Waals surface area contributed by atoms with Crippen molar-refractivity contribution >= 4 is 23.6 Å². The van der Waals surface area contributed by atoms with Gasteiger partial charge in [-0.15, -0.1) is 11.8 Å². The first-order valence-electron chi connectivity index (χ1n) is 8.39. The van der Waals surface area contributed by atoms with Gasteiger partial charge in [-0.3, -0.25) is 9.59 Å². The Bertz CT molecular complexity index is 587. The summed E-state index contributed by atoms with van der Waals surface area (Å²) >= 11 is 1.64. The van der Waals surface area contributed by atoms with E-state index in [2.05, 4.69) is 0 Å². The van der Waals surface area contributed by atoms with Gasteiger partial charge in [0.2, 0.25) is 5.91 Å². The number of halogens is 1. The predicted molar refractivity (Wildman–Crippen MR) is 95.4 cm³/mol. The molecule has 1 aromatic rings. The number of nitrogens with zero attached hydrogens (tertiary/aromatic N) is 2.